The summed E-state index contributed by atoms with van der Waals surface area (Å²) in [7, 11) is 0. The van der Waals surface area contributed by atoms with Crippen molar-refractivity contribution in [3.05, 3.63) is 29.6 Å². The average molecular weight is 229 g/mol. The van der Waals surface area contributed by atoms with Crippen LogP contribution in [0.4, 0.5) is 0 Å². The van der Waals surface area contributed by atoms with Crippen LogP contribution in [0.1, 0.15) is 24.4 Å². The molecule has 1 radical (unpaired) electrons. The minimum absolute atomic E-state index is 0.149. The molecule has 2 unspecified atom stereocenters. The number of H-pyrrole nitrogens is 1. The SMILES string of the molecule is Cc1cccc2[nH]c(C3[N]CCNC3C)nc12. The van der Waals surface area contributed by atoms with Crippen molar-refractivity contribution in [3.8, 4) is 0 Å². The number of aromatic nitrogens is 2. The van der Waals surface area contributed by atoms with Gasteiger partial charge in [0.05, 0.1) is 17.1 Å². The van der Waals surface area contributed by atoms with Gasteiger partial charge in [0.1, 0.15) is 5.82 Å². The van der Waals surface area contributed by atoms with Gasteiger partial charge in [-0.2, -0.15) is 0 Å². The molecule has 4 heteroatoms. The normalized spacial score (nSPS) is 25.3. The highest BCUT2D eigenvalue weighted by atomic mass is 15.1. The molecule has 2 N–H and O–H groups in total. The van der Waals surface area contributed by atoms with Gasteiger partial charge >= 0.3 is 0 Å². The zero-order chi connectivity index (χ0) is 11.8. The average Bonchev–Trinajstić information content (AvgIpc) is 2.75. The second-order valence-electron chi connectivity index (χ2n) is 4.69. The molecular formula is C13H17N4. The van der Waals surface area contributed by atoms with Crippen LogP contribution in [0.5, 0.6) is 0 Å². The first-order valence-corrected chi connectivity index (χ1v) is 6.11. The molecule has 0 spiro atoms. The summed E-state index contributed by atoms with van der Waals surface area (Å²) >= 11 is 0. The van der Waals surface area contributed by atoms with Gasteiger partial charge in [-0.1, -0.05) is 12.1 Å². The quantitative estimate of drug-likeness (QED) is 0.778. The maximum atomic E-state index is 4.70. The molecule has 0 aliphatic carbocycles. The molecule has 89 valence electrons. The smallest absolute Gasteiger partial charge is 0.127 e. The first-order chi connectivity index (χ1) is 8.25. The third-order valence-electron chi connectivity index (χ3n) is 3.39. The predicted octanol–water partition coefficient (Wildman–Crippen LogP) is 1.51. The molecule has 0 bridgehead atoms. The van der Waals surface area contributed by atoms with Crippen LogP contribution in [0.3, 0.4) is 0 Å². The van der Waals surface area contributed by atoms with Crippen molar-refractivity contribution >= 4 is 11.0 Å². The van der Waals surface area contributed by atoms with E-state index in [1.165, 1.54) is 5.56 Å². The van der Waals surface area contributed by atoms with Gasteiger partial charge in [0.2, 0.25) is 0 Å². The fourth-order valence-electron chi connectivity index (χ4n) is 2.42. The number of aromatic amines is 1. The minimum Gasteiger partial charge on any atom is -0.341 e. The van der Waals surface area contributed by atoms with Gasteiger partial charge in [0, 0.05) is 19.1 Å². The van der Waals surface area contributed by atoms with Crippen LogP contribution >= 0.6 is 0 Å². The van der Waals surface area contributed by atoms with E-state index in [9.17, 15) is 0 Å². The molecule has 0 saturated carbocycles. The molecule has 0 amide bonds. The van der Waals surface area contributed by atoms with Crippen LogP contribution in [0, 0.1) is 6.92 Å². The number of para-hydroxylation sites is 1. The van der Waals surface area contributed by atoms with E-state index in [1.54, 1.807) is 0 Å². The summed E-state index contributed by atoms with van der Waals surface area (Å²) in [5, 5.41) is 8.09. The molecule has 1 fully saturated rings. The molecular weight excluding hydrogens is 212 g/mol. The van der Waals surface area contributed by atoms with Crippen LogP contribution in [-0.2, 0) is 0 Å². The maximum absolute atomic E-state index is 4.70. The largest absolute Gasteiger partial charge is 0.341 e. The number of imidazole rings is 1. The number of aryl methyl sites for hydroxylation is 1. The molecule has 1 aliphatic heterocycles. The molecule has 17 heavy (non-hydrogen) atoms. The topological polar surface area (TPSA) is 54.8 Å². The van der Waals surface area contributed by atoms with Crippen LogP contribution in [0.15, 0.2) is 18.2 Å². The van der Waals surface area contributed by atoms with Crippen LogP contribution in [-0.4, -0.2) is 29.1 Å². The Morgan fingerprint density at radius 1 is 1.35 bits per heavy atom. The number of piperazine rings is 1. The number of rotatable bonds is 1. The van der Waals surface area contributed by atoms with E-state index < -0.39 is 0 Å². The highest BCUT2D eigenvalue weighted by molar-refractivity contribution is 5.78. The van der Waals surface area contributed by atoms with Crippen LogP contribution in [0.2, 0.25) is 0 Å². The Kier molecular flexibility index (Phi) is 2.61. The fourth-order valence-corrected chi connectivity index (χ4v) is 2.42. The molecule has 1 aromatic heterocycles. The molecule has 3 rings (SSSR count). The predicted molar refractivity (Wildman–Crippen MR) is 68.0 cm³/mol. The second kappa shape index (κ2) is 4.13. The number of nitrogens with zero attached hydrogens (tertiary/aromatic N) is 2. The van der Waals surface area contributed by atoms with Crippen LogP contribution in [0.25, 0.3) is 11.0 Å². The van der Waals surface area contributed by atoms with Gasteiger partial charge in [0.25, 0.3) is 0 Å². The number of nitrogens with one attached hydrogen (secondary N) is 2. The van der Waals surface area contributed by atoms with Crippen molar-refractivity contribution < 1.29 is 0 Å². The number of hydrogen-bond acceptors (Lipinski definition) is 2. The van der Waals surface area contributed by atoms with E-state index in [0.717, 1.165) is 29.9 Å². The molecule has 1 aromatic carbocycles. The van der Waals surface area contributed by atoms with Gasteiger partial charge in [-0.05, 0) is 25.5 Å². The summed E-state index contributed by atoms with van der Waals surface area (Å²) in [5.74, 6) is 0.981. The van der Waals surface area contributed by atoms with E-state index in [2.05, 4.69) is 47.7 Å². The summed E-state index contributed by atoms with van der Waals surface area (Å²) in [4.78, 5) is 8.09. The lowest BCUT2D eigenvalue weighted by Crippen LogP contribution is -2.46. The van der Waals surface area contributed by atoms with Crippen molar-refractivity contribution in [2.24, 2.45) is 0 Å². The lowest BCUT2D eigenvalue weighted by molar-refractivity contribution is 0.329. The molecule has 2 aromatic rings. The summed E-state index contributed by atoms with van der Waals surface area (Å²) in [6.07, 6.45) is 0. The van der Waals surface area contributed by atoms with Crippen molar-refractivity contribution in [2.75, 3.05) is 13.1 Å². The standard InChI is InChI=1S/C13H17N4/c1-8-4-3-5-10-11(8)17-13(16-10)12-9(2)14-6-7-15-12/h3-5,9,12,14H,6-7H2,1-2H3,(H,16,17). The molecule has 2 heterocycles. The van der Waals surface area contributed by atoms with Crippen molar-refractivity contribution in [2.45, 2.75) is 25.9 Å². The van der Waals surface area contributed by atoms with E-state index in [1.807, 2.05) is 0 Å². The van der Waals surface area contributed by atoms with E-state index >= 15 is 0 Å². The monoisotopic (exact) mass is 229 g/mol. The lowest BCUT2D eigenvalue weighted by Gasteiger charge is -2.28. The van der Waals surface area contributed by atoms with Gasteiger partial charge in [0.15, 0.2) is 0 Å². The molecule has 1 aliphatic rings. The van der Waals surface area contributed by atoms with E-state index in [4.69, 9.17) is 4.98 Å². The minimum atomic E-state index is 0.149. The Morgan fingerprint density at radius 3 is 3.00 bits per heavy atom. The number of benzene rings is 1. The van der Waals surface area contributed by atoms with E-state index in [0.29, 0.717) is 6.04 Å². The zero-order valence-electron chi connectivity index (χ0n) is 10.2. The summed E-state index contributed by atoms with van der Waals surface area (Å²) < 4.78 is 0. The van der Waals surface area contributed by atoms with Crippen molar-refractivity contribution in [3.63, 3.8) is 0 Å². The highest BCUT2D eigenvalue weighted by Gasteiger charge is 2.26. The van der Waals surface area contributed by atoms with E-state index in [-0.39, 0.29) is 6.04 Å². The molecule has 2 atom stereocenters. The molecule has 1 saturated heterocycles. The zero-order valence-corrected chi connectivity index (χ0v) is 10.2. The molecule has 4 nitrogen and oxygen atoms in total. The van der Waals surface area contributed by atoms with Gasteiger partial charge in [-0.25, -0.2) is 10.3 Å². The highest BCUT2D eigenvalue weighted by Crippen LogP contribution is 2.22. The van der Waals surface area contributed by atoms with Gasteiger partial charge in [-0.15, -0.1) is 0 Å². The van der Waals surface area contributed by atoms with Crippen LogP contribution < -0.4 is 10.6 Å². The Labute approximate surface area is 101 Å². The lowest BCUT2D eigenvalue weighted by atomic mass is 10.1. The maximum Gasteiger partial charge on any atom is 0.127 e. The fraction of sp³-hybridized carbons (Fsp3) is 0.462. The third kappa shape index (κ3) is 1.83. The summed E-state index contributed by atoms with van der Waals surface area (Å²) in [5.41, 5.74) is 3.38. The number of hydrogen-bond donors (Lipinski definition) is 2. The Morgan fingerprint density at radius 2 is 2.24 bits per heavy atom. The second-order valence-corrected chi connectivity index (χ2v) is 4.69. The first-order valence-electron chi connectivity index (χ1n) is 6.11. The summed E-state index contributed by atoms with van der Waals surface area (Å²) in [6.45, 7) is 6.09. The van der Waals surface area contributed by atoms with Crippen molar-refractivity contribution in [1.82, 2.24) is 20.6 Å². The Bertz CT molecular complexity index is 531. The van der Waals surface area contributed by atoms with Gasteiger partial charge < -0.3 is 10.3 Å². The number of fused-ring (bicyclic) bond motifs is 1. The van der Waals surface area contributed by atoms with Crippen molar-refractivity contribution in [1.29, 1.82) is 0 Å². The Hall–Kier alpha value is -1.39. The van der Waals surface area contributed by atoms with Gasteiger partial charge in [-0.3, -0.25) is 0 Å². The first kappa shape index (κ1) is 10.7. The Balaban J connectivity index is 2.02. The third-order valence-corrected chi connectivity index (χ3v) is 3.39. The summed E-state index contributed by atoms with van der Waals surface area (Å²) in [6, 6.07) is 6.71.